The molecule has 2 N–H and O–H groups in total. The minimum Gasteiger partial charge on any atom is -0.334 e. The van der Waals surface area contributed by atoms with E-state index in [1.54, 1.807) is 0 Å². The standard InChI is InChI=1S/C13H18FN3O/c14-10-5-6-12(16-9-10)13(18)17(8-2-7-15)11-3-1-4-11/h5-6,9,11H,1-4,7-8,15H2. The molecule has 18 heavy (non-hydrogen) atoms. The number of nitrogens with two attached hydrogens (primary N) is 1. The highest BCUT2D eigenvalue weighted by Gasteiger charge is 2.29. The average Bonchev–Trinajstić information content (AvgIpc) is 2.32. The molecule has 1 aromatic rings. The third-order valence-electron chi connectivity index (χ3n) is 3.33. The fraction of sp³-hybridized carbons (Fsp3) is 0.538. The van der Waals surface area contributed by atoms with Crippen molar-refractivity contribution >= 4 is 5.91 Å². The van der Waals surface area contributed by atoms with Gasteiger partial charge in [-0.25, -0.2) is 9.37 Å². The van der Waals surface area contributed by atoms with Crippen molar-refractivity contribution in [1.82, 2.24) is 9.88 Å². The second-order valence-electron chi connectivity index (χ2n) is 4.59. The molecule has 5 heteroatoms. The molecule has 4 nitrogen and oxygen atoms in total. The summed E-state index contributed by atoms with van der Waals surface area (Å²) >= 11 is 0. The van der Waals surface area contributed by atoms with Crippen molar-refractivity contribution < 1.29 is 9.18 Å². The summed E-state index contributed by atoms with van der Waals surface area (Å²) in [5.74, 6) is -0.545. The van der Waals surface area contributed by atoms with E-state index in [1.807, 2.05) is 4.90 Å². The Balaban J connectivity index is 2.08. The second-order valence-corrected chi connectivity index (χ2v) is 4.59. The third-order valence-corrected chi connectivity index (χ3v) is 3.33. The van der Waals surface area contributed by atoms with Crippen molar-refractivity contribution in [3.05, 3.63) is 29.8 Å². The van der Waals surface area contributed by atoms with Crippen molar-refractivity contribution in [3.63, 3.8) is 0 Å². The first-order valence-electron chi connectivity index (χ1n) is 6.35. The Hall–Kier alpha value is -1.49. The summed E-state index contributed by atoms with van der Waals surface area (Å²) in [6.45, 7) is 1.21. The van der Waals surface area contributed by atoms with E-state index in [4.69, 9.17) is 5.73 Å². The number of halogens is 1. The molecule has 0 unspecified atom stereocenters. The van der Waals surface area contributed by atoms with Gasteiger partial charge in [-0.3, -0.25) is 4.79 Å². The van der Waals surface area contributed by atoms with Crippen molar-refractivity contribution in [2.75, 3.05) is 13.1 Å². The Morgan fingerprint density at radius 2 is 2.28 bits per heavy atom. The fourth-order valence-corrected chi connectivity index (χ4v) is 2.06. The van der Waals surface area contributed by atoms with Gasteiger partial charge < -0.3 is 10.6 Å². The first kappa shape index (κ1) is 13.0. The smallest absolute Gasteiger partial charge is 0.272 e. The normalized spacial score (nSPS) is 15.2. The van der Waals surface area contributed by atoms with Crippen LogP contribution in [0, 0.1) is 5.82 Å². The van der Waals surface area contributed by atoms with Crippen LogP contribution in [0.25, 0.3) is 0 Å². The van der Waals surface area contributed by atoms with Gasteiger partial charge in [0.05, 0.1) is 6.20 Å². The number of pyridine rings is 1. The van der Waals surface area contributed by atoms with Crippen LogP contribution < -0.4 is 5.73 Å². The molecule has 98 valence electrons. The second kappa shape index (κ2) is 5.91. The quantitative estimate of drug-likeness (QED) is 0.864. The van der Waals surface area contributed by atoms with Crippen LogP contribution in [0.5, 0.6) is 0 Å². The molecular weight excluding hydrogens is 233 g/mol. The van der Waals surface area contributed by atoms with Gasteiger partial charge in [0, 0.05) is 12.6 Å². The SMILES string of the molecule is NCCCN(C(=O)c1ccc(F)cn1)C1CCC1. The predicted octanol–water partition coefficient (Wildman–Crippen LogP) is 1.56. The lowest BCUT2D eigenvalue weighted by Gasteiger charge is -2.37. The Morgan fingerprint density at radius 3 is 2.78 bits per heavy atom. The molecule has 1 aliphatic carbocycles. The lowest BCUT2D eigenvalue weighted by molar-refractivity contribution is 0.0572. The molecular formula is C13H18FN3O. The summed E-state index contributed by atoms with van der Waals surface area (Å²) in [5.41, 5.74) is 5.80. The van der Waals surface area contributed by atoms with E-state index in [2.05, 4.69) is 4.98 Å². The van der Waals surface area contributed by atoms with Crippen LogP contribution in [-0.2, 0) is 0 Å². The van der Waals surface area contributed by atoms with Crippen molar-refractivity contribution in [2.24, 2.45) is 5.73 Å². The first-order valence-corrected chi connectivity index (χ1v) is 6.35. The number of rotatable bonds is 5. The topological polar surface area (TPSA) is 59.2 Å². The van der Waals surface area contributed by atoms with Crippen LogP contribution in [0.4, 0.5) is 4.39 Å². The summed E-state index contributed by atoms with van der Waals surface area (Å²) in [5, 5.41) is 0. The molecule has 0 aromatic carbocycles. The number of carbonyl (C=O) groups excluding carboxylic acids is 1. The van der Waals surface area contributed by atoms with E-state index < -0.39 is 5.82 Å². The van der Waals surface area contributed by atoms with Crippen LogP contribution in [0.1, 0.15) is 36.2 Å². The van der Waals surface area contributed by atoms with Crippen LogP contribution in [0.15, 0.2) is 18.3 Å². The van der Waals surface area contributed by atoms with Gasteiger partial charge in [-0.1, -0.05) is 0 Å². The van der Waals surface area contributed by atoms with Crippen LogP contribution in [0.3, 0.4) is 0 Å². The zero-order valence-electron chi connectivity index (χ0n) is 10.3. The largest absolute Gasteiger partial charge is 0.334 e. The minimum absolute atomic E-state index is 0.117. The van der Waals surface area contributed by atoms with E-state index in [9.17, 15) is 9.18 Å². The number of carbonyl (C=O) groups is 1. The molecule has 1 saturated carbocycles. The van der Waals surface area contributed by atoms with Gasteiger partial charge in [0.1, 0.15) is 11.5 Å². The van der Waals surface area contributed by atoms with Gasteiger partial charge in [-0.2, -0.15) is 0 Å². The maximum absolute atomic E-state index is 12.8. The van der Waals surface area contributed by atoms with Crippen LogP contribution >= 0.6 is 0 Å². The predicted molar refractivity (Wildman–Crippen MR) is 66.5 cm³/mol. The molecule has 1 fully saturated rings. The summed E-state index contributed by atoms with van der Waals surface area (Å²) in [6.07, 6.45) is 5.10. The molecule has 1 aliphatic rings. The lowest BCUT2D eigenvalue weighted by atomic mass is 9.91. The number of hydrogen-bond donors (Lipinski definition) is 1. The fourth-order valence-electron chi connectivity index (χ4n) is 2.06. The molecule has 0 spiro atoms. The number of nitrogens with zero attached hydrogens (tertiary/aromatic N) is 2. The van der Waals surface area contributed by atoms with Gasteiger partial charge in [0.2, 0.25) is 0 Å². The van der Waals surface area contributed by atoms with Crippen LogP contribution in [0.2, 0.25) is 0 Å². The third kappa shape index (κ3) is 2.85. The van der Waals surface area contributed by atoms with E-state index in [0.29, 0.717) is 24.8 Å². The minimum atomic E-state index is -0.427. The number of hydrogen-bond acceptors (Lipinski definition) is 3. The highest BCUT2D eigenvalue weighted by atomic mass is 19.1. The summed E-state index contributed by atoms with van der Waals surface area (Å²) in [6, 6.07) is 3.00. The maximum Gasteiger partial charge on any atom is 0.272 e. The molecule has 0 atom stereocenters. The van der Waals surface area contributed by atoms with Gasteiger partial charge in [0.25, 0.3) is 5.91 Å². The van der Waals surface area contributed by atoms with Gasteiger partial charge >= 0.3 is 0 Å². The zero-order chi connectivity index (χ0) is 13.0. The molecule has 2 rings (SSSR count). The molecule has 1 heterocycles. The zero-order valence-corrected chi connectivity index (χ0v) is 10.3. The van der Waals surface area contributed by atoms with Gasteiger partial charge in [0.15, 0.2) is 0 Å². The summed E-state index contributed by atoms with van der Waals surface area (Å²) in [4.78, 5) is 18.0. The van der Waals surface area contributed by atoms with Crippen molar-refractivity contribution in [2.45, 2.75) is 31.7 Å². The maximum atomic E-state index is 12.8. The van der Waals surface area contributed by atoms with E-state index in [0.717, 1.165) is 31.9 Å². The summed E-state index contributed by atoms with van der Waals surface area (Å²) < 4.78 is 12.8. The highest BCUT2D eigenvalue weighted by Crippen LogP contribution is 2.26. The first-order chi connectivity index (χ1) is 8.72. The Labute approximate surface area is 106 Å². The van der Waals surface area contributed by atoms with E-state index in [-0.39, 0.29) is 5.91 Å². The monoisotopic (exact) mass is 251 g/mol. The Morgan fingerprint density at radius 1 is 1.50 bits per heavy atom. The Kier molecular flexibility index (Phi) is 4.25. The van der Waals surface area contributed by atoms with Gasteiger partial charge in [-0.15, -0.1) is 0 Å². The average molecular weight is 251 g/mol. The molecule has 0 radical (unpaired) electrons. The Bertz CT molecular complexity index is 403. The van der Waals surface area contributed by atoms with Crippen molar-refractivity contribution in [3.8, 4) is 0 Å². The van der Waals surface area contributed by atoms with Gasteiger partial charge in [-0.05, 0) is 44.4 Å². The lowest BCUT2D eigenvalue weighted by Crippen LogP contribution is -2.45. The van der Waals surface area contributed by atoms with E-state index in [1.165, 1.54) is 12.1 Å². The molecule has 1 aromatic heterocycles. The number of aromatic nitrogens is 1. The van der Waals surface area contributed by atoms with Crippen molar-refractivity contribution in [1.29, 1.82) is 0 Å². The summed E-state index contributed by atoms with van der Waals surface area (Å²) in [7, 11) is 0. The number of amides is 1. The molecule has 1 amide bonds. The molecule has 0 bridgehead atoms. The van der Waals surface area contributed by atoms with Crippen LogP contribution in [-0.4, -0.2) is 34.9 Å². The van der Waals surface area contributed by atoms with E-state index >= 15 is 0 Å². The molecule has 0 saturated heterocycles. The molecule has 0 aliphatic heterocycles. The highest BCUT2D eigenvalue weighted by molar-refractivity contribution is 5.92.